The second-order valence-electron chi connectivity index (χ2n) is 13.7. The Balaban J connectivity index is 1.55. The fraction of sp³-hybridized carbons (Fsp3) is 0.381. The fourth-order valence-electron chi connectivity index (χ4n) is 7.41. The first kappa shape index (κ1) is 36.7. The Morgan fingerprint density at radius 1 is 0.904 bits per heavy atom. The number of allylic oxidation sites excluding steroid dienone is 2. The van der Waals surface area contributed by atoms with E-state index in [1.165, 1.54) is 0 Å². The molecule has 1 N–H and O–H groups in total. The van der Waals surface area contributed by atoms with Gasteiger partial charge in [-0.15, -0.1) is 0 Å². The minimum atomic E-state index is -0.968. The average molecular weight is 709 g/mol. The van der Waals surface area contributed by atoms with Gasteiger partial charge in [0.2, 0.25) is 5.75 Å². The van der Waals surface area contributed by atoms with Gasteiger partial charge in [0.25, 0.3) is 0 Å². The van der Waals surface area contributed by atoms with Crippen molar-refractivity contribution < 1.29 is 38.4 Å². The van der Waals surface area contributed by atoms with Gasteiger partial charge in [0.1, 0.15) is 11.5 Å². The number of fused-ring (bicyclic) bond motifs is 3. The molecule has 0 unspecified atom stereocenters. The maximum atomic E-state index is 13.3. The first-order valence-corrected chi connectivity index (χ1v) is 17.8. The van der Waals surface area contributed by atoms with Gasteiger partial charge in [0, 0.05) is 43.6 Å². The third kappa shape index (κ3) is 8.03. The van der Waals surface area contributed by atoms with Crippen molar-refractivity contribution in [2.75, 3.05) is 41.4 Å². The molecule has 7 rings (SSSR count). The van der Waals surface area contributed by atoms with Crippen LogP contribution in [0.3, 0.4) is 0 Å². The summed E-state index contributed by atoms with van der Waals surface area (Å²) in [6.07, 6.45) is 6.90. The lowest BCUT2D eigenvalue weighted by atomic mass is 9.87. The van der Waals surface area contributed by atoms with E-state index in [2.05, 4.69) is 48.7 Å². The van der Waals surface area contributed by atoms with E-state index in [0.29, 0.717) is 40.9 Å². The number of carbonyl (C=O) groups excluding carboxylic acids is 1. The van der Waals surface area contributed by atoms with Crippen LogP contribution in [0, 0.1) is 0 Å². The van der Waals surface area contributed by atoms with E-state index in [4.69, 9.17) is 28.8 Å². The molecular weight excluding hydrogens is 660 g/mol. The summed E-state index contributed by atoms with van der Waals surface area (Å²) in [5, 5.41) is 9.16. The third-order valence-electron chi connectivity index (χ3n) is 10.2. The Bertz CT molecular complexity index is 1900. The summed E-state index contributed by atoms with van der Waals surface area (Å²) in [5.74, 6) is 2.02. The van der Waals surface area contributed by atoms with E-state index in [1.54, 1.807) is 14.2 Å². The number of aliphatic carboxylic acids is 1. The topological polar surface area (TPSA) is 107 Å². The molecule has 0 fully saturated rings. The number of likely N-dealkylation sites (N-methyl/N-ethyl adjacent to an activating group) is 2. The molecule has 0 aromatic heterocycles. The maximum Gasteiger partial charge on any atom is 0.311 e. The molecule has 274 valence electrons. The van der Waals surface area contributed by atoms with Crippen LogP contribution in [0.4, 0.5) is 0 Å². The van der Waals surface area contributed by atoms with Crippen LogP contribution in [0.1, 0.15) is 60.9 Å². The maximum absolute atomic E-state index is 13.3. The molecular formula is C42H48N2O8. The first-order valence-electron chi connectivity index (χ1n) is 17.8. The molecule has 4 aliphatic heterocycles. The molecule has 0 saturated carbocycles. The molecule has 3 aromatic rings. The summed E-state index contributed by atoms with van der Waals surface area (Å²) in [6.45, 7) is 7.76. The molecule has 3 aromatic carbocycles. The zero-order valence-electron chi connectivity index (χ0n) is 30.7. The summed E-state index contributed by atoms with van der Waals surface area (Å²) in [7, 11) is 7.40. The van der Waals surface area contributed by atoms with Gasteiger partial charge in [-0.1, -0.05) is 30.9 Å². The van der Waals surface area contributed by atoms with Gasteiger partial charge >= 0.3 is 11.9 Å². The molecule has 4 aliphatic rings. The van der Waals surface area contributed by atoms with Crippen molar-refractivity contribution in [2.45, 2.75) is 64.0 Å². The lowest BCUT2D eigenvalue weighted by Crippen LogP contribution is -2.39. The lowest BCUT2D eigenvalue weighted by Gasteiger charge is -2.37. The number of carboxylic acid groups (broad SMARTS) is 1. The van der Waals surface area contributed by atoms with Crippen molar-refractivity contribution in [1.82, 2.24) is 9.80 Å². The normalized spacial score (nSPS) is 20.1. The van der Waals surface area contributed by atoms with Crippen LogP contribution in [0.15, 0.2) is 84.2 Å². The molecule has 2 atom stereocenters. The van der Waals surface area contributed by atoms with Crippen molar-refractivity contribution in [3.8, 4) is 34.5 Å². The highest BCUT2D eigenvalue weighted by Crippen LogP contribution is 2.50. The fourth-order valence-corrected chi connectivity index (χ4v) is 7.41. The van der Waals surface area contributed by atoms with Crippen LogP contribution in [0.5, 0.6) is 34.5 Å². The van der Waals surface area contributed by atoms with Crippen molar-refractivity contribution in [3.63, 3.8) is 0 Å². The Morgan fingerprint density at radius 2 is 1.60 bits per heavy atom. The minimum Gasteiger partial charge on any atom is -0.493 e. The van der Waals surface area contributed by atoms with Crippen LogP contribution in [0.2, 0.25) is 0 Å². The summed E-state index contributed by atoms with van der Waals surface area (Å²) in [5.41, 5.74) is 6.38. The number of carboxylic acids is 1. The molecule has 0 spiro atoms. The van der Waals surface area contributed by atoms with Crippen LogP contribution in [-0.4, -0.2) is 74.3 Å². The smallest absolute Gasteiger partial charge is 0.311 e. The predicted molar refractivity (Wildman–Crippen MR) is 199 cm³/mol. The van der Waals surface area contributed by atoms with E-state index < -0.39 is 11.9 Å². The molecule has 4 bridgehead atoms. The Hall–Kier alpha value is -5.06. The summed E-state index contributed by atoms with van der Waals surface area (Å²) in [4.78, 5) is 29.1. The van der Waals surface area contributed by atoms with Crippen LogP contribution < -0.4 is 23.7 Å². The Kier molecular flexibility index (Phi) is 11.4. The van der Waals surface area contributed by atoms with Crippen molar-refractivity contribution >= 4 is 11.9 Å². The minimum absolute atomic E-state index is 0.0485. The third-order valence-corrected chi connectivity index (χ3v) is 10.2. The van der Waals surface area contributed by atoms with E-state index >= 15 is 0 Å². The van der Waals surface area contributed by atoms with Crippen LogP contribution >= 0.6 is 0 Å². The molecule has 0 saturated heterocycles. The molecule has 0 radical (unpaired) electrons. The second kappa shape index (κ2) is 16.1. The standard InChI is InChI=1S/C42H48N2O8/c1-7-29-17-19-43(3)33-22-27-11-14-31(15-12-27)51-36-24-28(13-16-35(36)48-5)23-34-40-30(18-20-44(34)4)25-37(49-6)41(42(40)50-26(2)21-32(29)33)52-39(47)10-8-9-38(45)46/h7,11-16,21,24-25,33-34H,1,8-10,17-20,22-23H2,2-6H3,(H,45,46)/b26-21+/t33-,34-/m0/s1. The molecule has 0 aliphatic carbocycles. The van der Waals surface area contributed by atoms with E-state index in [-0.39, 0.29) is 37.1 Å². The highest BCUT2D eigenvalue weighted by Gasteiger charge is 2.35. The van der Waals surface area contributed by atoms with Gasteiger partial charge in [0.15, 0.2) is 23.0 Å². The quantitative estimate of drug-likeness (QED) is 0.187. The van der Waals surface area contributed by atoms with Crippen LogP contribution in [-0.2, 0) is 28.9 Å². The van der Waals surface area contributed by atoms with Gasteiger partial charge in [-0.05, 0) is 117 Å². The van der Waals surface area contributed by atoms with Crippen LogP contribution in [0.25, 0.3) is 0 Å². The number of nitrogens with zero attached hydrogens (tertiary/aromatic N) is 2. The first-order chi connectivity index (χ1) is 25.1. The van der Waals surface area contributed by atoms with Crippen molar-refractivity contribution in [3.05, 3.63) is 106 Å². The lowest BCUT2D eigenvalue weighted by molar-refractivity contribution is -0.137. The van der Waals surface area contributed by atoms with E-state index in [9.17, 15) is 9.59 Å². The highest BCUT2D eigenvalue weighted by molar-refractivity contribution is 5.77. The molecule has 4 heterocycles. The Morgan fingerprint density at radius 3 is 2.31 bits per heavy atom. The Labute approximate surface area is 305 Å². The van der Waals surface area contributed by atoms with Gasteiger partial charge in [-0.3, -0.25) is 19.4 Å². The number of carbonyl (C=O) groups is 2. The predicted octanol–water partition coefficient (Wildman–Crippen LogP) is 7.45. The summed E-state index contributed by atoms with van der Waals surface area (Å²) >= 11 is 0. The second-order valence-corrected chi connectivity index (χ2v) is 13.7. The molecule has 0 amide bonds. The number of hydrogen-bond donors (Lipinski definition) is 1. The number of benzene rings is 3. The molecule has 10 heteroatoms. The van der Waals surface area contributed by atoms with Gasteiger partial charge in [-0.25, -0.2) is 0 Å². The van der Waals surface area contributed by atoms with E-state index in [1.807, 2.05) is 49.4 Å². The zero-order chi connectivity index (χ0) is 36.9. The highest BCUT2D eigenvalue weighted by atomic mass is 16.6. The number of methoxy groups -OCH3 is 2. The zero-order valence-corrected chi connectivity index (χ0v) is 30.7. The molecule has 52 heavy (non-hydrogen) atoms. The molecule has 10 nitrogen and oxygen atoms in total. The number of esters is 1. The largest absolute Gasteiger partial charge is 0.493 e. The SMILES string of the molecule is C=CC1=C2/C=C(\C)Oc3c(OC(=O)CCCC(=O)O)c(OC)cc4c3[C@H](Cc3ccc(OC)c(c3)Oc3ccc(cc3)C[C@@H]2N(C)CC1)N(C)CC4. The average Bonchev–Trinajstić information content (AvgIpc) is 3.12. The van der Waals surface area contributed by atoms with Gasteiger partial charge in [-0.2, -0.15) is 0 Å². The van der Waals surface area contributed by atoms with Crippen molar-refractivity contribution in [1.29, 1.82) is 0 Å². The van der Waals surface area contributed by atoms with E-state index in [0.717, 1.165) is 65.8 Å². The van der Waals surface area contributed by atoms with Gasteiger partial charge in [0.05, 0.1) is 14.2 Å². The number of ether oxygens (including phenoxy) is 5. The van der Waals surface area contributed by atoms with Gasteiger partial charge < -0.3 is 28.8 Å². The van der Waals surface area contributed by atoms with Crippen molar-refractivity contribution in [2.24, 2.45) is 0 Å². The monoisotopic (exact) mass is 708 g/mol. The summed E-state index contributed by atoms with van der Waals surface area (Å²) < 4.78 is 31.0. The summed E-state index contributed by atoms with van der Waals surface area (Å²) in [6, 6.07) is 16.0. The number of hydrogen-bond acceptors (Lipinski definition) is 9. The number of rotatable bonds is 8.